The van der Waals surface area contributed by atoms with Crippen molar-refractivity contribution in [3.8, 4) is 0 Å². The zero-order valence-corrected chi connectivity index (χ0v) is 45.2. The number of unbranched alkanes of at least 4 members (excludes halogenated alkanes) is 15. The summed E-state index contributed by atoms with van der Waals surface area (Å²) < 4.78 is 17.4. The standard InChI is InChI=1S/C65H104O5/c1-4-7-10-13-16-19-22-25-28-31-33-35-37-40-43-46-49-52-55-58-64(66)69-62-63(61-68-60-57-54-51-48-45-42-39-36-32-29-26-23-20-17-14-11-8-5-2)70-65(67)59-56-53-50-47-44-41-38-34-30-27-24-21-18-15-12-9-6-3/h8-9,11-12,16-21,25-30,33,35-36,38-39,41,47,50,63H,4-7,10,13-15,22-24,31-32,34,37,40,42-46,48-49,51-62H2,1-3H3/b11-8-,12-9-,19-16-,20-17-,21-18-,28-25-,29-26-,30-27-,35-33-,39-36-,41-38-,50-47-. The van der Waals surface area contributed by atoms with Crippen molar-refractivity contribution in [3.05, 3.63) is 146 Å². The normalized spacial score (nSPS) is 13.4. The minimum atomic E-state index is -0.594. The van der Waals surface area contributed by atoms with Crippen molar-refractivity contribution in [1.29, 1.82) is 0 Å². The number of carbonyl (C=O) groups is 2. The van der Waals surface area contributed by atoms with Crippen LogP contribution in [0.5, 0.6) is 0 Å². The van der Waals surface area contributed by atoms with Crippen molar-refractivity contribution in [2.24, 2.45) is 0 Å². The van der Waals surface area contributed by atoms with Crippen LogP contribution in [-0.4, -0.2) is 37.9 Å². The molecule has 0 saturated heterocycles. The largest absolute Gasteiger partial charge is 0.462 e. The van der Waals surface area contributed by atoms with Crippen LogP contribution in [0.4, 0.5) is 0 Å². The van der Waals surface area contributed by atoms with Crippen molar-refractivity contribution >= 4 is 11.9 Å². The first-order chi connectivity index (χ1) is 34.6. The summed E-state index contributed by atoms with van der Waals surface area (Å²) in [6.07, 6.45) is 85.8. The van der Waals surface area contributed by atoms with E-state index in [9.17, 15) is 9.59 Å². The molecule has 0 fully saturated rings. The predicted molar refractivity (Wildman–Crippen MR) is 306 cm³/mol. The maximum absolute atomic E-state index is 12.8. The fourth-order valence-corrected chi connectivity index (χ4v) is 7.19. The Labute approximate surface area is 431 Å². The van der Waals surface area contributed by atoms with Gasteiger partial charge in [0.05, 0.1) is 6.61 Å². The van der Waals surface area contributed by atoms with E-state index in [4.69, 9.17) is 14.2 Å². The number of hydrogen-bond donors (Lipinski definition) is 0. The molecule has 0 aromatic heterocycles. The lowest BCUT2D eigenvalue weighted by Gasteiger charge is -2.18. The maximum Gasteiger partial charge on any atom is 0.306 e. The van der Waals surface area contributed by atoms with Crippen LogP contribution in [0.1, 0.15) is 226 Å². The van der Waals surface area contributed by atoms with Gasteiger partial charge in [0.25, 0.3) is 0 Å². The second-order valence-corrected chi connectivity index (χ2v) is 18.1. The van der Waals surface area contributed by atoms with Gasteiger partial charge in [-0.1, -0.05) is 224 Å². The van der Waals surface area contributed by atoms with Crippen molar-refractivity contribution in [3.63, 3.8) is 0 Å². The summed E-state index contributed by atoms with van der Waals surface area (Å²) >= 11 is 0. The Morgan fingerprint density at radius 3 is 1.07 bits per heavy atom. The maximum atomic E-state index is 12.8. The van der Waals surface area contributed by atoms with E-state index in [2.05, 4.69) is 167 Å². The molecule has 0 saturated carbocycles. The van der Waals surface area contributed by atoms with Gasteiger partial charge in [-0.25, -0.2) is 0 Å². The highest BCUT2D eigenvalue weighted by Crippen LogP contribution is 2.12. The van der Waals surface area contributed by atoms with E-state index < -0.39 is 6.10 Å². The summed E-state index contributed by atoms with van der Waals surface area (Å²) in [6, 6.07) is 0. The predicted octanol–water partition coefficient (Wildman–Crippen LogP) is 19.7. The molecule has 0 aromatic rings. The van der Waals surface area contributed by atoms with Gasteiger partial charge in [-0.3, -0.25) is 9.59 Å². The molecule has 0 amide bonds. The molecule has 1 atom stereocenters. The molecule has 0 radical (unpaired) electrons. The van der Waals surface area contributed by atoms with Gasteiger partial charge in [0.15, 0.2) is 6.10 Å². The zero-order chi connectivity index (χ0) is 50.6. The Balaban J connectivity index is 4.46. The van der Waals surface area contributed by atoms with Crippen molar-refractivity contribution in [2.45, 2.75) is 232 Å². The van der Waals surface area contributed by atoms with Gasteiger partial charge in [0, 0.05) is 19.4 Å². The highest BCUT2D eigenvalue weighted by Gasteiger charge is 2.17. The Morgan fingerprint density at radius 2 is 0.657 bits per heavy atom. The summed E-state index contributed by atoms with van der Waals surface area (Å²) in [5.41, 5.74) is 0. The first-order valence-electron chi connectivity index (χ1n) is 28.4. The Bertz CT molecular complexity index is 1510. The molecular weight excluding hydrogens is 861 g/mol. The topological polar surface area (TPSA) is 61.8 Å². The average molecular weight is 966 g/mol. The van der Waals surface area contributed by atoms with E-state index in [0.29, 0.717) is 25.9 Å². The molecular formula is C65H104O5. The number of allylic oxidation sites excluding steroid dienone is 24. The van der Waals surface area contributed by atoms with Gasteiger partial charge in [0.1, 0.15) is 6.61 Å². The number of esters is 2. The van der Waals surface area contributed by atoms with Crippen molar-refractivity contribution in [1.82, 2.24) is 0 Å². The second kappa shape index (κ2) is 59.1. The van der Waals surface area contributed by atoms with Gasteiger partial charge in [-0.2, -0.15) is 0 Å². The highest BCUT2D eigenvalue weighted by atomic mass is 16.6. The SMILES string of the molecule is CC/C=C\C/C=C\C/C=C\C/C=C\C/C=C\CCCC(=O)OC(COCCCCCCC/C=C\C/C=C\C/C=C\C/C=C\CC)COC(=O)CCCCCCCC/C=C\C/C=C\C/C=C\CCCCC. The summed E-state index contributed by atoms with van der Waals surface area (Å²) in [5.74, 6) is -0.499. The van der Waals surface area contributed by atoms with Crippen molar-refractivity contribution in [2.75, 3.05) is 19.8 Å². The minimum absolute atomic E-state index is 0.0378. The van der Waals surface area contributed by atoms with Crippen LogP contribution in [0.15, 0.2) is 146 Å². The van der Waals surface area contributed by atoms with Gasteiger partial charge in [-0.15, -0.1) is 0 Å². The molecule has 0 N–H and O–H groups in total. The van der Waals surface area contributed by atoms with Crippen LogP contribution in [0.3, 0.4) is 0 Å². The zero-order valence-electron chi connectivity index (χ0n) is 45.2. The van der Waals surface area contributed by atoms with E-state index in [1.807, 2.05) is 0 Å². The first kappa shape index (κ1) is 65.8. The quantitative estimate of drug-likeness (QED) is 0.0345. The smallest absolute Gasteiger partial charge is 0.306 e. The molecule has 1 unspecified atom stereocenters. The lowest BCUT2D eigenvalue weighted by molar-refractivity contribution is -0.162. The van der Waals surface area contributed by atoms with Gasteiger partial charge in [0.2, 0.25) is 0 Å². The molecule has 0 rings (SSSR count). The molecule has 394 valence electrons. The summed E-state index contributed by atoms with van der Waals surface area (Å²) in [4.78, 5) is 25.5. The summed E-state index contributed by atoms with van der Waals surface area (Å²) in [7, 11) is 0. The van der Waals surface area contributed by atoms with E-state index in [1.54, 1.807) is 0 Å². The highest BCUT2D eigenvalue weighted by molar-refractivity contribution is 5.70. The number of hydrogen-bond acceptors (Lipinski definition) is 5. The van der Waals surface area contributed by atoms with E-state index >= 15 is 0 Å². The molecule has 5 nitrogen and oxygen atoms in total. The molecule has 70 heavy (non-hydrogen) atoms. The molecule has 0 spiro atoms. The second-order valence-electron chi connectivity index (χ2n) is 18.1. The third-order valence-electron chi connectivity index (χ3n) is 11.3. The summed E-state index contributed by atoms with van der Waals surface area (Å²) in [6.45, 7) is 7.44. The molecule has 0 aliphatic carbocycles. The van der Waals surface area contributed by atoms with Gasteiger partial charge in [-0.05, 0) is 135 Å². The van der Waals surface area contributed by atoms with Crippen molar-refractivity contribution < 1.29 is 23.8 Å². The molecule has 0 aliphatic rings. The molecule has 5 heteroatoms. The Morgan fingerprint density at radius 1 is 0.329 bits per heavy atom. The van der Waals surface area contributed by atoms with Gasteiger partial charge < -0.3 is 14.2 Å². The van der Waals surface area contributed by atoms with Crippen LogP contribution in [0.25, 0.3) is 0 Å². The van der Waals surface area contributed by atoms with Gasteiger partial charge >= 0.3 is 11.9 Å². The van der Waals surface area contributed by atoms with E-state index in [-0.39, 0.29) is 25.2 Å². The number of rotatable bonds is 50. The van der Waals surface area contributed by atoms with Crippen LogP contribution in [0, 0.1) is 0 Å². The third kappa shape index (κ3) is 56.4. The van der Waals surface area contributed by atoms with Crippen LogP contribution >= 0.6 is 0 Å². The van der Waals surface area contributed by atoms with E-state index in [0.717, 1.165) is 122 Å². The third-order valence-corrected chi connectivity index (χ3v) is 11.3. The Kier molecular flexibility index (Phi) is 55.5. The lowest BCUT2D eigenvalue weighted by Crippen LogP contribution is -2.30. The average Bonchev–Trinajstić information content (AvgIpc) is 3.36. The monoisotopic (exact) mass is 965 g/mol. The Hall–Kier alpha value is -4.22. The molecule has 0 aromatic carbocycles. The fraction of sp³-hybridized carbons (Fsp3) is 0.600. The fourth-order valence-electron chi connectivity index (χ4n) is 7.19. The lowest BCUT2D eigenvalue weighted by atomic mass is 10.1. The number of ether oxygens (including phenoxy) is 3. The van der Waals surface area contributed by atoms with Crippen LogP contribution < -0.4 is 0 Å². The first-order valence-corrected chi connectivity index (χ1v) is 28.4. The summed E-state index contributed by atoms with van der Waals surface area (Å²) in [5, 5.41) is 0. The van der Waals surface area contributed by atoms with Crippen LogP contribution in [-0.2, 0) is 23.8 Å². The minimum Gasteiger partial charge on any atom is -0.462 e. The van der Waals surface area contributed by atoms with Crippen LogP contribution in [0.2, 0.25) is 0 Å². The molecule has 0 bridgehead atoms. The number of carbonyl (C=O) groups excluding carboxylic acids is 2. The molecule has 0 aliphatic heterocycles. The molecule has 0 heterocycles. The van der Waals surface area contributed by atoms with E-state index in [1.165, 1.54) is 64.2 Å².